The van der Waals surface area contributed by atoms with E-state index in [-0.39, 0.29) is 18.0 Å². The van der Waals surface area contributed by atoms with Crippen molar-refractivity contribution >= 4 is 17.6 Å². The molecule has 0 saturated carbocycles. The fraction of sp³-hybridized carbons (Fsp3) is 0.300. The predicted octanol–water partition coefficient (Wildman–Crippen LogP) is 3.34. The van der Waals surface area contributed by atoms with Gasteiger partial charge in [0.05, 0.1) is 25.3 Å². The van der Waals surface area contributed by atoms with E-state index in [4.69, 9.17) is 9.47 Å². The van der Waals surface area contributed by atoms with Crippen molar-refractivity contribution in [2.24, 2.45) is 0 Å². The molecule has 1 unspecified atom stereocenters. The lowest BCUT2D eigenvalue weighted by molar-refractivity contribution is 0.0960. The molecule has 0 aromatic heterocycles. The first kappa shape index (κ1) is 20.1. The van der Waals surface area contributed by atoms with E-state index >= 15 is 0 Å². The zero-order valence-electron chi connectivity index (χ0n) is 16.0. The number of nitrogens with one attached hydrogen (secondary N) is 3. The molecule has 0 spiro atoms. The summed E-state index contributed by atoms with van der Waals surface area (Å²) in [6.07, 6.45) is 0. The van der Waals surface area contributed by atoms with Gasteiger partial charge in [0.25, 0.3) is 5.91 Å². The summed E-state index contributed by atoms with van der Waals surface area (Å²) in [6, 6.07) is 11.9. The minimum absolute atomic E-state index is 0.197. The molecule has 0 heterocycles. The molecule has 0 saturated heterocycles. The van der Waals surface area contributed by atoms with Crippen molar-refractivity contribution < 1.29 is 19.1 Å². The zero-order valence-corrected chi connectivity index (χ0v) is 16.0. The van der Waals surface area contributed by atoms with Gasteiger partial charge in [0.15, 0.2) is 0 Å². The number of hydrogen-bond acceptors (Lipinski definition) is 4. The highest BCUT2D eigenvalue weighted by atomic mass is 16.5. The van der Waals surface area contributed by atoms with Crippen LogP contribution >= 0.6 is 0 Å². The maximum Gasteiger partial charge on any atom is 0.319 e. The number of urea groups is 1. The second-order valence-electron chi connectivity index (χ2n) is 5.82. The van der Waals surface area contributed by atoms with Crippen LogP contribution < -0.4 is 25.4 Å². The third-order valence-corrected chi connectivity index (χ3v) is 3.97. The summed E-state index contributed by atoms with van der Waals surface area (Å²) in [6.45, 7) is 4.42. The maximum atomic E-state index is 12.3. The van der Waals surface area contributed by atoms with Crippen LogP contribution in [0.3, 0.4) is 0 Å². The number of rotatable bonds is 7. The van der Waals surface area contributed by atoms with Gasteiger partial charge in [0.2, 0.25) is 0 Å². The number of ether oxygens (including phenoxy) is 2. The minimum atomic E-state index is -0.371. The molecule has 7 heteroatoms. The summed E-state index contributed by atoms with van der Waals surface area (Å²) in [5.41, 5.74) is 1.79. The lowest BCUT2D eigenvalue weighted by Crippen LogP contribution is -2.31. The molecule has 2 aromatic carbocycles. The first-order chi connectivity index (χ1) is 13.0. The lowest BCUT2D eigenvalue weighted by Gasteiger charge is -2.16. The van der Waals surface area contributed by atoms with Crippen LogP contribution in [0.2, 0.25) is 0 Å². The maximum absolute atomic E-state index is 12.3. The minimum Gasteiger partial charge on any atom is -0.496 e. The van der Waals surface area contributed by atoms with Crippen LogP contribution in [-0.2, 0) is 0 Å². The van der Waals surface area contributed by atoms with Gasteiger partial charge in [-0.2, -0.15) is 0 Å². The summed E-state index contributed by atoms with van der Waals surface area (Å²) in [4.78, 5) is 24.2. The van der Waals surface area contributed by atoms with E-state index in [2.05, 4.69) is 16.0 Å². The molecule has 1 atom stereocenters. The van der Waals surface area contributed by atoms with E-state index in [0.717, 1.165) is 11.3 Å². The third kappa shape index (κ3) is 5.37. The highest BCUT2D eigenvalue weighted by Gasteiger charge is 2.14. The van der Waals surface area contributed by atoms with Gasteiger partial charge < -0.3 is 25.4 Å². The number of hydrogen-bond donors (Lipinski definition) is 3. The lowest BCUT2D eigenvalue weighted by atomic mass is 10.1. The molecule has 0 bridgehead atoms. The molecular formula is C20H25N3O4. The van der Waals surface area contributed by atoms with Crippen LogP contribution in [0.1, 0.15) is 35.8 Å². The summed E-state index contributed by atoms with van der Waals surface area (Å²) in [5, 5.41) is 8.15. The van der Waals surface area contributed by atoms with Crippen molar-refractivity contribution in [2.45, 2.75) is 19.9 Å². The average molecular weight is 371 g/mol. The molecule has 0 fully saturated rings. The van der Waals surface area contributed by atoms with Crippen molar-refractivity contribution in [1.82, 2.24) is 10.6 Å². The van der Waals surface area contributed by atoms with Crippen LogP contribution in [0.25, 0.3) is 0 Å². The molecule has 144 valence electrons. The Kier molecular flexibility index (Phi) is 7.05. The van der Waals surface area contributed by atoms with E-state index < -0.39 is 0 Å². The Balaban J connectivity index is 2.03. The number of methoxy groups -OCH3 is 1. The molecule has 3 amide bonds. The highest BCUT2D eigenvalue weighted by molar-refractivity contribution is 5.99. The van der Waals surface area contributed by atoms with Gasteiger partial charge >= 0.3 is 6.03 Å². The van der Waals surface area contributed by atoms with Gasteiger partial charge in [-0.3, -0.25) is 4.79 Å². The van der Waals surface area contributed by atoms with E-state index in [1.165, 1.54) is 14.2 Å². The Morgan fingerprint density at radius 1 is 1.11 bits per heavy atom. The quantitative estimate of drug-likeness (QED) is 0.696. The van der Waals surface area contributed by atoms with E-state index in [9.17, 15) is 9.59 Å². The van der Waals surface area contributed by atoms with Crippen LogP contribution in [0.5, 0.6) is 11.5 Å². The van der Waals surface area contributed by atoms with Gasteiger partial charge in [-0.1, -0.05) is 12.1 Å². The zero-order chi connectivity index (χ0) is 19.8. The van der Waals surface area contributed by atoms with Gasteiger partial charge in [0.1, 0.15) is 11.5 Å². The number of amides is 3. The first-order valence-electron chi connectivity index (χ1n) is 8.68. The molecule has 7 nitrogen and oxygen atoms in total. The van der Waals surface area contributed by atoms with E-state index in [0.29, 0.717) is 23.6 Å². The summed E-state index contributed by atoms with van der Waals surface area (Å²) < 4.78 is 10.6. The van der Waals surface area contributed by atoms with E-state index in [1.807, 2.05) is 38.1 Å². The molecule has 0 aliphatic carbocycles. The first-order valence-corrected chi connectivity index (χ1v) is 8.68. The summed E-state index contributed by atoms with van der Waals surface area (Å²) in [7, 11) is 3.02. The Hall–Kier alpha value is -3.22. The molecule has 0 aliphatic heterocycles. The number of carbonyl (C=O) groups is 2. The van der Waals surface area contributed by atoms with Crippen LogP contribution in [0.4, 0.5) is 10.5 Å². The number of benzene rings is 2. The second kappa shape index (κ2) is 9.47. The standard InChI is InChI=1S/C20H25N3O4/c1-5-27-16-9-6-14(7-10-16)13(2)22-20(25)23-15-8-11-18(26-4)17(12-15)19(24)21-3/h6-13H,5H2,1-4H3,(H,21,24)(H2,22,23,25). The molecule has 27 heavy (non-hydrogen) atoms. The van der Waals surface area contributed by atoms with Crippen molar-refractivity contribution in [3.05, 3.63) is 53.6 Å². The number of anilines is 1. The largest absolute Gasteiger partial charge is 0.496 e. The van der Waals surface area contributed by atoms with Crippen molar-refractivity contribution in [1.29, 1.82) is 0 Å². The van der Waals surface area contributed by atoms with Crippen LogP contribution in [-0.4, -0.2) is 32.7 Å². The van der Waals surface area contributed by atoms with Crippen LogP contribution in [0.15, 0.2) is 42.5 Å². The van der Waals surface area contributed by atoms with Crippen molar-refractivity contribution in [2.75, 3.05) is 26.1 Å². The molecule has 2 aromatic rings. The van der Waals surface area contributed by atoms with E-state index in [1.54, 1.807) is 18.2 Å². The molecule has 0 aliphatic rings. The van der Waals surface area contributed by atoms with Crippen LogP contribution in [0, 0.1) is 0 Å². The van der Waals surface area contributed by atoms with Gasteiger partial charge in [-0.25, -0.2) is 4.79 Å². The smallest absolute Gasteiger partial charge is 0.319 e. The average Bonchev–Trinajstić information content (AvgIpc) is 2.68. The Morgan fingerprint density at radius 2 is 1.81 bits per heavy atom. The molecular weight excluding hydrogens is 346 g/mol. The fourth-order valence-corrected chi connectivity index (χ4v) is 2.56. The van der Waals surface area contributed by atoms with Gasteiger partial charge in [-0.15, -0.1) is 0 Å². The third-order valence-electron chi connectivity index (χ3n) is 3.97. The normalized spacial score (nSPS) is 11.3. The molecule has 2 rings (SSSR count). The Bertz CT molecular complexity index is 790. The Morgan fingerprint density at radius 3 is 2.41 bits per heavy atom. The van der Waals surface area contributed by atoms with Gasteiger partial charge in [0, 0.05) is 12.7 Å². The Labute approximate surface area is 159 Å². The number of carbonyl (C=O) groups excluding carboxylic acids is 2. The molecule has 0 radical (unpaired) electrons. The topological polar surface area (TPSA) is 88.7 Å². The fourth-order valence-electron chi connectivity index (χ4n) is 2.56. The summed E-state index contributed by atoms with van der Waals surface area (Å²) >= 11 is 0. The van der Waals surface area contributed by atoms with Gasteiger partial charge in [-0.05, 0) is 49.7 Å². The highest BCUT2D eigenvalue weighted by Crippen LogP contribution is 2.23. The second-order valence-corrected chi connectivity index (χ2v) is 5.82. The predicted molar refractivity (Wildman–Crippen MR) is 105 cm³/mol. The van der Waals surface area contributed by atoms with Crippen molar-refractivity contribution in [3.8, 4) is 11.5 Å². The summed E-state index contributed by atoms with van der Waals surface area (Å²) in [5.74, 6) is 0.930. The van der Waals surface area contributed by atoms with Crippen molar-refractivity contribution in [3.63, 3.8) is 0 Å². The SMILES string of the molecule is CCOc1ccc(C(C)NC(=O)Nc2ccc(OC)c(C(=O)NC)c2)cc1. The monoisotopic (exact) mass is 371 g/mol. The molecule has 3 N–H and O–H groups in total.